The topological polar surface area (TPSA) is 178 Å². The van der Waals surface area contributed by atoms with E-state index in [1.165, 1.54) is 19.1 Å². The van der Waals surface area contributed by atoms with Gasteiger partial charge in [-0.3, -0.25) is 14.4 Å². The molecule has 0 spiro atoms. The number of hydrogen-bond donors (Lipinski definition) is 3. The summed E-state index contributed by atoms with van der Waals surface area (Å²) in [6, 6.07) is 4.70. The molecule has 1 aromatic rings. The Morgan fingerprint density at radius 2 is 1.59 bits per heavy atom. The number of piperidine rings is 1. The number of aliphatic hydroxyl groups excluding tert-OH is 2. The Kier molecular flexibility index (Phi) is 17.8. The summed E-state index contributed by atoms with van der Waals surface area (Å²) < 4.78 is 30.7. The van der Waals surface area contributed by atoms with E-state index < -0.39 is 90.0 Å². The predicted molar refractivity (Wildman–Crippen MR) is 238 cm³/mol. The number of nitrogens with zero attached hydrogens (tertiary/aromatic N) is 1. The number of carbonyl (C=O) groups excluding carboxylic acids is 4. The zero-order valence-electron chi connectivity index (χ0n) is 39.3. The third-order valence-electron chi connectivity index (χ3n) is 14.4. The van der Waals surface area contributed by atoms with E-state index in [1.807, 2.05) is 65.0 Å². The molecule has 14 unspecified atom stereocenters. The average Bonchev–Trinajstić information content (AvgIpc) is 3.25. The molecule has 13 heteroatoms. The number of Topliss-reactive ketones (excluding diaryl/α,β-unsaturated/α-hetero) is 2. The van der Waals surface area contributed by atoms with Crippen molar-refractivity contribution in [1.29, 1.82) is 0 Å². The highest BCUT2D eigenvalue weighted by atomic mass is 16.7. The van der Waals surface area contributed by atoms with E-state index in [9.17, 15) is 34.5 Å². The second-order valence-electron chi connectivity index (χ2n) is 19.3. The molecule has 352 valence electrons. The van der Waals surface area contributed by atoms with Crippen LogP contribution in [-0.2, 0) is 38.1 Å². The number of ether oxygens (including phenoxy) is 5. The highest BCUT2D eigenvalue weighted by molar-refractivity contribution is 6.39. The summed E-state index contributed by atoms with van der Waals surface area (Å²) in [7, 11) is 3.07. The molecule has 4 aliphatic rings. The van der Waals surface area contributed by atoms with E-state index in [-0.39, 0.29) is 43.4 Å². The van der Waals surface area contributed by atoms with Crippen molar-refractivity contribution in [2.24, 2.45) is 29.6 Å². The molecule has 1 aliphatic carbocycles. The molecule has 3 fully saturated rings. The normalized spacial score (nSPS) is 38.2. The van der Waals surface area contributed by atoms with Gasteiger partial charge in [0.1, 0.15) is 35.9 Å². The van der Waals surface area contributed by atoms with Crippen LogP contribution >= 0.6 is 0 Å². The van der Waals surface area contributed by atoms with Gasteiger partial charge in [-0.05, 0) is 133 Å². The lowest BCUT2D eigenvalue weighted by Crippen LogP contribution is -2.64. The number of esters is 1. The Hall–Kier alpha value is -3.46. The third-order valence-corrected chi connectivity index (χ3v) is 14.4. The smallest absolute Gasteiger partial charge is 0.329 e. The molecule has 1 amide bonds. The van der Waals surface area contributed by atoms with Gasteiger partial charge < -0.3 is 43.9 Å². The van der Waals surface area contributed by atoms with Crippen molar-refractivity contribution in [2.75, 3.05) is 20.8 Å². The average molecular weight is 882 g/mol. The molecule has 14 atom stereocenters. The predicted octanol–water partition coefficient (Wildman–Crippen LogP) is 6.52. The molecule has 1 aromatic carbocycles. The first-order valence-corrected chi connectivity index (χ1v) is 23.3. The number of allylic oxidation sites excluding steroid dienone is 3. The van der Waals surface area contributed by atoms with Crippen LogP contribution in [0.1, 0.15) is 123 Å². The number of hydrogen-bond acceptors (Lipinski definition) is 12. The molecule has 63 heavy (non-hydrogen) atoms. The van der Waals surface area contributed by atoms with Gasteiger partial charge in [-0.1, -0.05) is 51.5 Å². The van der Waals surface area contributed by atoms with Crippen molar-refractivity contribution < 1.29 is 58.2 Å². The molecule has 0 aromatic heterocycles. The van der Waals surface area contributed by atoms with Gasteiger partial charge >= 0.3 is 5.97 Å². The van der Waals surface area contributed by atoms with Crippen LogP contribution in [0.25, 0.3) is 0 Å². The third kappa shape index (κ3) is 12.1. The molecule has 2 saturated heterocycles. The van der Waals surface area contributed by atoms with Crippen LogP contribution < -0.4 is 4.74 Å². The number of aryl methyl sites for hydroxylation is 2. The van der Waals surface area contributed by atoms with Crippen molar-refractivity contribution >= 4 is 23.4 Å². The quantitative estimate of drug-likeness (QED) is 0.154. The Balaban J connectivity index is 1.50. The summed E-state index contributed by atoms with van der Waals surface area (Å²) in [5.74, 6) is -6.99. The summed E-state index contributed by atoms with van der Waals surface area (Å²) in [5, 5.41) is 34.9. The largest absolute Gasteiger partial charge is 0.488 e. The fraction of sp³-hybridized carbons (Fsp3) is 0.720. The minimum absolute atomic E-state index is 0.0262. The second-order valence-corrected chi connectivity index (χ2v) is 19.3. The lowest BCUT2D eigenvalue weighted by molar-refractivity contribution is -0.302. The molecule has 1 saturated carbocycles. The van der Waals surface area contributed by atoms with Gasteiger partial charge in [-0.2, -0.15) is 0 Å². The number of cyclic esters (lactones) is 1. The van der Waals surface area contributed by atoms with Crippen molar-refractivity contribution in [3.63, 3.8) is 0 Å². The standard InChI is InChI=1S/C50H75NO12/c1-11-36-21-28(2)20-29(3)22-43(59-9)46-44(60-10)25-33(7)50(58,63-46)47(55)48(56)51-19-13-12-14-38(51)49(57)62-45(34(8)40(53)27-41(36)54)32(6)23-35-16-18-39(52)42(26-35)61-37-17-15-30(4)31(5)24-37/h15,17,21,23-24,29,33-36,38-40,42-46,52-53,58H,11-14,16,18-20,22,25-27H2,1-10H3/b28-21+,32-23?. The van der Waals surface area contributed by atoms with Gasteiger partial charge in [0.2, 0.25) is 5.79 Å². The lowest BCUT2D eigenvalue weighted by Gasteiger charge is -2.47. The monoisotopic (exact) mass is 882 g/mol. The van der Waals surface area contributed by atoms with E-state index >= 15 is 0 Å². The summed E-state index contributed by atoms with van der Waals surface area (Å²) in [5.41, 5.74) is 3.87. The molecule has 3 N–H and O–H groups in total. The Morgan fingerprint density at radius 1 is 0.889 bits per heavy atom. The number of aliphatic hydroxyl groups is 3. The van der Waals surface area contributed by atoms with Crippen molar-refractivity contribution in [1.82, 2.24) is 4.90 Å². The molecule has 3 heterocycles. The van der Waals surface area contributed by atoms with Crippen LogP contribution in [0.15, 0.2) is 41.5 Å². The molecule has 3 aliphatic heterocycles. The van der Waals surface area contributed by atoms with Crippen molar-refractivity contribution in [3.8, 4) is 5.75 Å². The highest BCUT2D eigenvalue weighted by Crippen LogP contribution is 2.39. The number of benzene rings is 1. The molecule has 2 bridgehead atoms. The maximum atomic E-state index is 14.5. The molecule has 5 rings (SSSR count). The molecule has 13 nitrogen and oxygen atoms in total. The minimum Gasteiger partial charge on any atom is -0.488 e. The van der Waals surface area contributed by atoms with Gasteiger partial charge in [-0.15, -0.1) is 0 Å². The zero-order valence-corrected chi connectivity index (χ0v) is 39.3. The van der Waals surface area contributed by atoms with Crippen molar-refractivity contribution in [3.05, 3.63) is 52.6 Å². The first kappa shape index (κ1) is 50.5. The number of rotatable bonds is 7. The number of methoxy groups -OCH3 is 2. The van der Waals surface area contributed by atoms with E-state index in [1.54, 1.807) is 13.8 Å². The van der Waals surface area contributed by atoms with Gasteiger partial charge in [0, 0.05) is 44.9 Å². The second kappa shape index (κ2) is 22.2. The van der Waals surface area contributed by atoms with E-state index in [0.29, 0.717) is 62.7 Å². The van der Waals surface area contributed by atoms with Gasteiger partial charge in [0.25, 0.3) is 11.7 Å². The maximum Gasteiger partial charge on any atom is 0.329 e. The number of ketones is 2. The van der Waals surface area contributed by atoms with Crippen LogP contribution in [0, 0.1) is 43.4 Å². The van der Waals surface area contributed by atoms with Gasteiger partial charge in [0.15, 0.2) is 0 Å². The molecular formula is C50H75NO12. The lowest BCUT2D eigenvalue weighted by atomic mass is 9.81. The summed E-state index contributed by atoms with van der Waals surface area (Å²) in [6.07, 6.45) is 3.23. The van der Waals surface area contributed by atoms with E-state index in [2.05, 4.69) is 6.92 Å². The van der Waals surface area contributed by atoms with Crippen molar-refractivity contribution in [2.45, 2.75) is 181 Å². The summed E-state index contributed by atoms with van der Waals surface area (Å²) in [4.78, 5) is 58.3. The molecule has 0 radical (unpaired) electrons. The van der Waals surface area contributed by atoms with Gasteiger partial charge in [-0.25, -0.2) is 4.79 Å². The Morgan fingerprint density at radius 3 is 2.25 bits per heavy atom. The fourth-order valence-corrected chi connectivity index (χ4v) is 10.2. The Labute approximate surface area is 374 Å². The number of fused-ring (bicyclic) bond motifs is 3. The van der Waals surface area contributed by atoms with E-state index in [0.717, 1.165) is 16.7 Å². The van der Waals surface area contributed by atoms with E-state index in [4.69, 9.17) is 23.7 Å². The van der Waals surface area contributed by atoms with Crippen LogP contribution in [0.5, 0.6) is 5.75 Å². The van der Waals surface area contributed by atoms with Crippen LogP contribution in [0.4, 0.5) is 0 Å². The van der Waals surface area contributed by atoms with Crippen LogP contribution in [-0.4, -0.2) is 119 Å². The summed E-state index contributed by atoms with van der Waals surface area (Å²) >= 11 is 0. The fourth-order valence-electron chi connectivity index (χ4n) is 10.2. The van der Waals surface area contributed by atoms with Crippen LogP contribution in [0.3, 0.4) is 0 Å². The molecular weight excluding hydrogens is 807 g/mol. The van der Waals surface area contributed by atoms with Crippen LogP contribution in [0.2, 0.25) is 0 Å². The minimum atomic E-state index is -2.51. The maximum absolute atomic E-state index is 14.5. The first-order chi connectivity index (χ1) is 29.8. The first-order valence-electron chi connectivity index (χ1n) is 23.3. The van der Waals surface area contributed by atoms with Gasteiger partial charge in [0.05, 0.1) is 24.4 Å². The SMILES string of the molecule is CCC1/C=C(\C)CC(C)CC(OC)C2OC(O)(C(=O)C(=O)N3CCCCC3C(=O)OC(C(C)=CC3CCC(O)C(Oc4ccc(C)c(C)c4)C3)C(C)C(O)CC1=O)C(C)CC2OC. The zero-order chi connectivity index (χ0) is 46.3. The number of carbonyl (C=O) groups is 4. The summed E-state index contributed by atoms with van der Waals surface area (Å²) in [6.45, 7) is 15.3. The number of amides is 1. The Bertz CT molecular complexity index is 1830. The highest BCUT2D eigenvalue weighted by Gasteiger charge is 2.56.